The van der Waals surface area contributed by atoms with Gasteiger partial charge in [-0.2, -0.15) is 0 Å². The van der Waals surface area contributed by atoms with Crippen molar-refractivity contribution < 1.29 is 0 Å². The quantitative estimate of drug-likeness (QED) is 0.678. The molecule has 0 amide bonds. The molecule has 1 fully saturated rings. The van der Waals surface area contributed by atoms with Crippen molar-refractivity contribution in [2.75, 3.05) is 0 Å². The zero-order valence-corrected chi connectivity index (χ0v) is 6.72. The SMILES string of the molecule is CC1(NCc2cnc[nH]2)CC1. The van der Waals surface area contributed by atoms with Gasteiger partial charge < -0.3 is 10.3 Å². The van der Waals surface area contributed by atoms with Gasteiger partial charge in [0.2, 0.25) is 0 Å². The molecule has 1 saturated carbocycles. The number of imidazole rings is 1. The summed E-state index contributed by atoms with van der Waals surface area (Å²) in [5.41, 5.74) is 1.59. The first-order valence-corrected chi connectivity index (χ1v) is 4.01. The standard InChI is InChI=1S/C8H13N3/c1-8(2-3-8)11-5-7-4-9-6-10-7/h4,6,11H,2-3,5H2,1H3,(H,9,10). The Labute approximate surface area is 66.2 Å². The molecule has 3 heteroatoms. The van der Waals surface area contributed by atoms with Crippen molar-refractivity contribution in [3.8, 4) is 0 Å². The molecule has 0 saturated heterocycles. The van der Waals surface area contributed by atoms with E-state index in [9.17, 15) is 0 Å². The molecular weight excluding hydrogens is 138 g/mol. The van der Waals surface area contributed by atoms with E-state index in [0.717, 1.165) is 12.2 Å². The van der Waals surface area contributed by atoms with Crippen LogP contribution in [0.2, 0.25) is 0 Å². The normalized spacial score (nSPS) is 20.1. The van der Waals surface area contributed by atoms with Crippen LogP contribution in [0.15, 0.2) is 12.5 Å². The highest BCUT2D eigenvalue weighted by molar-refractivity contribution is 5.01. The van der Waals surface area contributed by atoms with E-state index in [0.29, 0.717) is 5.54 Å². The van der Waals surface area contributed by atoms with Crippen LogP contribution in [0.5, 0.6) is 0 Å². The van der Waals surface area contributed by atoms with E-state index in [1.54, 1.807) is 6.33 Å². The average molecular weight is 151 g/mol. The lowest BCUT2D eigenvalue weighted by Crippen LogP contribution is -2.27. The summed E-state index contributed by atoms with van der Waals surface area (Å²) in [6, 6.07) is 0. The van der Waals surface area contributed by atoms with Crippen molar-refractivity contribution in [3.63, 3.8) is 0 Å². The number of aromatic amines is 1. The lowest BCUT2D eigenvalue weighted by molar-refractivity contribution is 0.533. The molecule has 0 radical (unpaired) electrons. The molecule has 1 aliphatic rings. The van der Waals surface area contributed by atoms with Crippen molar-refractivity contribution in [1.29, 1.82) is 0 Å². The molecule has 0 unspecified atom stereocenters. The highest BCUT2D eigenvalue weighted by atomic mass is 15.0. The van der Waals surface area contributed by atoms with Gasteiger partial charge in [-0.1, -0.05) is 0 Å². The third-order valence-electron chi connectivity index (χ3n) is 2.26. The van der Waals surface area contributed by atoms with Crippen LogP contribution in [0.1, 0.15) is 25.5 Å². The summed E-state index contributed by atoms with van der Waals surface area (Å²) >= 11 is 0. The van der Waals surface area contributed by atoms with Gasteiger partial charge in [0.1, 0.15) is 0 Å². The predicted octanol–water partition coefficient (Wildman–Crippen LogP) is 1.05. The average Bonchev–Trinajstić information content (AvgIpc) is 2.53. The minimum Gasteiger partial charge on any atom is -0.347 e. The van der Waals surface area contributed by atoms with E-state index in [2.05, 4.69) is 22.2 Å². The summed E-state index contributed by atoms with van der Waals surface area (Å²) in [5, 5.41) is 3.46. The molecule has 1 aromatic heterocycles. The first kappa shape index (κ1) is 6.85. The third kappa shape index (κ3) is 1.60. The number of rotatable bonds is 3. The summed E-state index contributed by atoms with van der Waals surface area (Å²) in [4.78, 5) is 7.01. The Morgan fingerprint density at radius 2 is 2.55 bits per heavy atom. The van der Waals surface area contributed by atoms with Gasteiger partial charge in [-0.25, -0.2) is 4.98 Å². The second-order valence-electron chi connectivity index (χ2n) is 3.49. The Morgan fingerprint density at radius 1 is 1.73 bits per heavy atom. The van der Waals surface area contributed by atoms with E-state index < -0.39 is 0 Å². The molecule has 60 valence electrons. The van der Waals surface area contributed by atoms with Gasteiger partial charge in [0.15, 0.2) is 0 Å². The first-order chi connectivity index (χ1) is 5.29. The molecule has 0 spiro atoms. The third-order valence-corrected chi connectivity index (χ3v) is 2.26. The van der Waals surface area contributed by atoms with Crippen LogP contribution in [0, 0.1) is 0 Å². The fraction of sp³-hybridized carbons (Fsp3) is 0.625. The number of nitrogens with zero attached hydrogens (tertiary/aromatic N) is 1. The minimum absolute atomic E-state index is 0.422. The maximum atomic E-state index is 3.95. The fourth-order valence-electron chi connectivity index (χ4n) is 1.05. The zero-order valence-electron chi connectivity index (χ0n) is 6.72. The molecule has 1 aliphatic carbocycles. The molecule has 11 heavy (non-hydrogen) atoms. The summed E-state index contributed by atoms with van der Waals surface area (Å²) in [7, 11) is 0. The number of hydrogen-bond donors (Lipinski definition) is 2. The Kier molecular flexibility index (Phi) is 1.46. The van der Waals surface area contributed by atoms with E-state index >= 15 is 0 Å². The van der Waals surface area contributed by atoms with Gasteiger partial charge in [0.05, 0.1) is 6.33 Å². The van der Waals surface area contributed by atoms with Crippen LogP contribution in [-0.4, -0.2) is 15.5 Å². The molecule has 2 rings (SSSR count). The topological polar surface area (TPSA) is 40.7 Å². The van der Waals surface area contributed by atoms with Crippen molar-refractivity contribution >= 4 is 0 Å². The molecule has 2 N–H and O–H groups in total. The Morgan fingerprint density at radius 3 is 3.09 bits per heavy atom. The van der Waals surface area contributed by atoms with Crippen LogP contribution in [-0.2, 0) is 6.54 Å². The largest absolute Gasteiger partial charge is 0.347 e. The molecular formula is C8H13N3. The van der Waals surface area contributed by atoms with E-state index in [4.69, 9.17) is 0 Å². The second-order valence-corrected chi connectivity index (χ2v) is 3.49. The van der Waals surface area contributed by atoms with Gasteiger partial charge in [-0.05, 0) is 19.8 Å². The van der Waals surface area contributed by atoms with Crippen molar-refractivity contribution in [3.05, 3.63) is 18.2 Å². The van der Waals surface area contributed by atoms with Gasteiger partial charge in [0.25, 0.3) is 0 Å². The van der Waals surface area contributed by atoms with E-state index in [-0.39, 0.29) is 0 Å². The van der Waals surface area contributed by atoms with Crippen LogP contribution < -0.4 is 5.32 Å². The van der Waals surface area contributed by atoms with Gasteiger partial charge >= 0.3 is 0 Å². The van der Waals surface area contributed by atoms with Gasteiger partial charge in [-0.15, -0.1) is 0 Å². The van der Waals surface area contributed by atoms with Crippen LogP contribution >= 0.6 is 0 Å². The van der Waals surface area contributed by atoms with Crippen molar-refractivity contribution in [2.45, 2.75) is 31.8 Å². The molecule has 1 heterocycles. The molecule has 0 atom stereocenters. The number of nitrogens with one attached hydrogen (secondary N) is 2. The van der Waals surface area contributed by atoms with Crippen molar-refractivity contribution in [2.24, 2.45) is 0 Å². The van der Waals surface area contributed by atoms with Gasteiger partial charge in [0, 0.05) is 24.0 Å². The Bertz CT molecular complexity index is 223. The lowest BCUT2D eigenvalue weighted by atomic mass is 10.3. The predicted molar refractivity (Wildman–Crippen MR) is 43.1 cm³/mol. The maximum absolute atomic E-state index is 3.95. The maximum Gasteiger partial charge on any atom is 0.0922 e. The number of hydrogen-bond acceptors (Lipinski definition) is 2. The summed E-state index contributed by atoms with van der Waals surface area (Å²) in [5.74, 6) is 0. The van der Waals surface area contributed by atoms with Crippen LogP contribution in [0.4, 0.5) is 0 Å². The molecule has 0 aromatic carbocycles. The van der Waals surface area contributed by atoms with E-state index in [1.165, 1.54) is 12.8 Å². The van der Waals surface area contributed by atoms with Crippen LogP contribution in [0.3, 0.4) is 0 Å². The van der Waals surface area contributed by atoms with Gasteiger partial charge in [-0.3, -0.25) is 0 Å². The first-order valence-electron chi connectivity index (χ1n) is 4.01. The minimum atomic E-state index is 0.422. The lowest BCUT2D eigenvalue weighted by Gasteiger charge is -2.08. The van der Waals surface area contributed by atoms with E-state index in [1.807, 2.05) is 6.20 Å². The highest BCUT2D eigenvalue weighted by Crippen LogP contribution is 2.34. The highest BCUT2D eigenvalue weighted by Gasteiger charge is 2.36. The monoisotopic (exact) mass is 151 g/mol. The summed E-state index contributed by atoms with van der Waals surface area (Å²) < 4.78 is 0. The molecule has 0 aliphatic heterocycles. The van der Waals surface area contributed by atoms with Crippen LogP contribution in [0.25, 0.3) is 0 Å². The summed E-state index contributed by atoms with van der Waals surface area (Å²) in [6.07, 6.45) is 6.19. The fourth-order valence-corrected chi connectivity index (χ4v) is 1.05. The number of aromatic nitrogens is 2. The number of H-pyrrole nitrogens is 1. The molecule has 0 bridgehead atoms. The zero-order chi connectivity index (χ0) is 7.73. The second kappa shape index (κ2) is 2.34. The molecule has 1 aromatic rings. The summed E-state index contributed by atoms with van der Waals surface area (Å²) in [6.45, 7) is 3.17. The molecule has 3 nitrogen and oxygen atoms in total. The van der Waals surface area contributed by atoms with Crippen molar-refractivity contribution in [1.82, 2.24) is 15.3 Å². The Hall–Kier alpha value is -0.830. The Balaban J connectivity index is 1.83. The smallest absolute Gasteiger partial charge is 0.0922 e.